The topological polar surface area (TPSA) is 88.2 Å². The fraction of sp³-hybridized carbons (Fsp3) is 0.400. The third kappa shape index (κ3) is 2.56. The van der Waals surface area contributed by atoms with Crippen molar-refractivity contribution < 1.29 is 14.7 Å². The first-order valence-corrected chi connectivity index (χ1v) is 6.07. The maximum atomic E-state index is 12.1. The smallest absolute Gasteiger partial charge is 0.254 e. The van der Waals surface area contributed by atoms with Gasteiger partial charge in [-0.25, -0.2) is 0 Å². The van der Waals surface area contributed by atoms with Crippen LogP contribution in [-0.4, -0.2) is 47.7 Å². The molecule has 3 N–H and O–H groups in total. The Bertz CT molecular complexity index is 418. The Morgan fingerprint density at radius 2 is 2.53 bits per heavy atom. The first-order chi connectivity index (χ1) is 8.22. The fourth-order valence-corrected chi connectivity index (χ4v) is 2.28. The summed E-state index contributed by atoms with van der Waals surface area (Å²) in [6.45, 7) is 1.21. The van der Waals surface area contributed by atoms with Crippen LogP contribution in [0.25, 0.3) is 0 Å². The summed E-state index contributed by atoms with van der Waals surface area (Å²) in [6.07, 6.45) is -0.531. The van der Waals surface area contributed by atoms with Gasteiger partial charge in [0, 0.05) is 11.9 Å². The summed E-state index contributed by atoms with van der Waals surface area (Å²) in [5.41, 5.74) is 6.13. The fourth-order valence-electron chi connectivity index (χ4n) is 1.65. The molecule has 0 spiro atoms. The zero-order chi connectivity index (χ0) is 12.3. The second-order valence-corrected chi connectivity index (χ2v) is 4.43. The largest absolute Gasteiger partial charge is 0.409 e. The van der Waals surface area contributed by atoms with E-state index in [0.29, 0.717) is 25.3 Å². The number of carbonyl (C=O) groups excluding carboxylic acids is 1. The Morgan fingerprint density at radius 1 is 1.71 bits per heavy atom. The summed E-state index contributed by atoms with van der Waals surface area (Å²) in [5, 5.41) is 15.1. The van der Waals surface area contributed by atoms with Gasteiger partial charge in [0.1, 0.15) is 6.10 Å². The monoisotopic (exact) mass is 255 g/mol. The molecule has 1 atom stereocenters. The van der Waals surface area contributed by atoms with Gasteiger partial charge in [0.2, 0.25) is 0 Å². The van der Waals surface area contributed by atoms with Gasteiger partial charge in [-0.2, -0.15) is 11.3 Å². The van der Waals surface area contributed by atoms with Crippen molar-refractivity contribution in [3.05, 3.63) is 22.4 Å². The Hall–Kier alpha value is -1.60. The van der Waals surface area contributed by atoms with Gasteiger partial charge in [-0.15, -0.1) is 0 Å². The van der Waals surface area contributed by atoms with Crippen LogP contribution in [0.15, 0.2) is 22.0 Å². The van der Waals surface area contributed by atoms with Crippen LogP contribution in [0.2, 0.25) is 0 Å². The van der Waals surface area contributed by atoms with Gasteiger partial charge in [-0.1, -0.05) is 5.16 Å². The molecule has 1 aromatic heterocycles. The molecular formula is C10H13N3O3S. The molecule has 92 valence electrons. The van der Waals surface area contributed by atoms with E-state index in [-0.39, 0.29) is 11.7 Å². The van der Waals surface area contributed by atoms with Crippen LogP contribution in [0.3, 0.4) is 0 Å². The van der Waals surface area contributed by atoms with Crippen molar-refractivity contribution in [1.29, 1.82) is 0 Å². The number of morpholine rings is 1. The van der Waals surface area contributed by atoms with E-state index in [4.69, 9.17) is 15.7 Å². The Balaban J connectivity index is 2.05. The minimum absolute atomic E-state index is 0.00665. The normalized spacial score (nSPS) is 21.5. The second kappa shape index (κ2) is 5.15. The third-order valence-electron chi connectivity index (χ3n) is 2.57. The highest BCUT2D eigenvalue weighted by Gasteiger charge is 2.27. The Labute approximate surface area is 102 Å². The molecule has 0 aliphatic carbocycles. The number of thiophene rings is 1. The molecule has 6 nitrogen and oxygen atoms in total. The summed E-state index contributed by atoms with van der Waals surface area (Å²) >= 11 is 1.48. The number of hydrogen-bond acceptors (Lipinski definition) is 5. The number of rotatable bonds is 2. The average molecular weight is 255 g/mol. The van der Waals surface area contributed by atoms with Gasteiger partial charge >= 0.3 is 0 Å². The van der Waals surface area contributed by atoms with Gasteiger partial charge in [0.05, 0.1) is 18.7 Å². The van der Waals surface area contributed by atoms with Gasteiger partial charge in [-0.3, -0.25) is 4.79 Å². The molecule has 0 aromatic carbocycles. The number of nitrogens with two attached hydrogens (primary N) is 1. The summed E-state index contributed by atoms with van der Waals surface area (Å²) in [6, 6.07) is 1.78. The predicted octanol–water partition coefficient (Wildman–Crippen LogP) is 0.335. The maximum Gasteiger partial charge on any atom is 0.254 e. The van der Waals surface area contributed by atoms with E-state index in [1.807, 2.05) is 5.38 Å². The minimum Gasteiger partial charge on any atom is -0.409 e. The molecule has 17 heavy (non-hydrogen) atoms. The minimum atomic E-state index is -0.531. The molecule has 1 unspecified atom stereocenters. The van der Waals surface area contributed by atoms with Crippen LogP contribution in [0.1, 0.15) is 10.4 Å². The highest BCUT2D eigenvalue weighted by atomic mass is 32.1. The molecule has 0 radical (unpaired) electrons. The molecule has 1 aliphatic rings. The summed E-state index contributed by atoms with van der Waals surface area (Å²) in [5.74, 6) is -0.0573. The summed E-state index contributed by atoms with van der Waals surface area (Å²) in [7, 11) is 0. The number of carbonyl (C=O) groups is 1. The van der Waals surface area contributed by atoms with Crippen LogP contribution in [0, 0.1) is 0 Å². The van der Waals surface area contributed by atoms with E-state index in [0.717, 1.165) is 0 Å². The number of oxime groups is 1. The molecule has 2 heterocycles. The Kier molecular flexibility index (Phi) is 3.60. The van der Waals surface area contributed by atoms with E-state index < -0.39 is 6.10 Å². The maximum absolute atomic E-state index is 12.1. The van der Waals surface area contributed by atoms with Crippen molar-refractivity contribution in [3.63, 3.8) is 0 Å². The number of amides is 1. The van der Waals surface area contributed by atoms with E-state index >= 15 is 0 Å². The zero-order valence-corrected chi connectivity index (χ0v) is 9.89. The van der Waals surface area contributed by atoms with Crippen molar-refractivity contribution in [2.75, 3.05) is 19.7 Å². The van der Waals surface area contributed by atoms with Crippen LogP contribution in [0.5, 0.6) is 0 Å². The lowest BCUT2D eigenvalue weighted by Crippen LogP contribution is -2.50. The van der Waals surface area contributed by atoms with Gasteiger partial charge < -0.3 is 20.6 Å². The van der Waals surface area contributed by atoms with Gasteiger partial charge in [0.25, 0.3) is 5.91 Å². The average Bonchev–Trinajstić information content (AvgIpc) is 2.91. The second-order valence-electron chi connectivity index (χ2n) is 3.65. The Morgan fingerprint density at radius 3 is 3.18 bits per heavy atom. The van der Waals surface area contributed by atoms with E-state index in [1.54, 1.807) is 16.3 Å². The number of amidine groups is 1. The van der Waals surface area contributed by atoms with E-state index in [9.17, 15) is 4.79 Å². The lowest BCUT2D eigenvalue weighted by Gasteiger charge is -2.32. The molecule has 1 amide bonds. The van der Waals surface area contributed by atoms with Crippen LogP contribution < -0.4 is 5.73 Å². The standard InChI is InChI=1S/C10H13N3O3S/c11-9(12-15)8-5-13(2-3-16-8)10(14)7-1-4-17-6-7/h1,4,6,8,15H,2-3,5H2,(H2,11,12). The highest BCUT2D eigenvalue weighted by molar-refractivity contribution is 7.08. The molecular weight excluding hydrogens is 242 g/mol. The van der Waals surface area contributed by atoms with Crippen molar-refractivity contribution in [2.24, 2.45) is 10.9 Å². The third-order valence-corrected chi connectivity index (χ3v) is 3.25. The summed E-state index contributed by atoms with van der Waals surface area (Å²) in [4.78, 5) is 13.7. The van der Waals surface area contributed by atoms with Crippen molar-refractivity contribution in [2.45, 2.75) is 6.10 Å². The molecule has 1 saturated heterocycles. The molecule has 7 heteroatoms. The predicted molar refractivity (Wildman–Crippen MR) is 63.4 cm³/mol. The SMILES string of the molecule is NC(=NO)C1CN(C(=O)c2ccsc2)CCO1. The van der Waals surface area contributed by atoms with Gasteiger partial charge in [-0.05, 0) is 11.4 Å². The molecule has 0 bridgehead atoms. The van der Waals surface area contributed by atoms with Gasteiger partial charge in [0.15, 0.2) is 5.84 Å². The molecule has 2 rings (SSSR count). The number of hydrogen-bond donors (Lipinski definition) is 2. The van der Waals surface area contributed by atoms with E-state index in [1.165, 1.54) is 11.3 Å². The van der Waals surface area contributed by atoms with Crippen LogP contribution in [-0.2, 0) is 4.74 Å². The lowest BCUT2D eigenvalue weighted by molar-refractivity contribution is 0.00678. The zero-order valence-electron chi connectivity index (χ0n) is 9.07. The summed E-state index contributed by atoms with van der Waals surface area (Å²) < 4.78 is 5.32. The van der Waals surface area contributed by atoms with Crippen molar-refractivity contribution in [3.8, 4) is 0 Å². The number of ether oxygens (including phenoxy) is 1. The molecule has 1 aromatic rings. The van der Waals surface area contributed by atoms with Crippen LogP contribution in [0.4, 0.5) is 0 Å². The molecule has 1 fully saturated rings. The van der Waals surface area contributed by atoms with Crippen molar-refractivity contribution in [1.82, 2.24) is 4.90 Å². The van der Waals surface area contributed by atoms with E-state index in [2.05, 4.69) is 5.16 Å². The number of nitrogens with zero attached hydrogens (tertiary/aromatic N) is 2. The first kappa shape index (κ1) is 11.9. The molecule has 1 aliphatic heterocycles. The van der Waals surface area contributed by atoms with Crippen molar-refractivity contribution >= 4 is 23.1 Å². The molecule has 0 saturated carbocycles. The lowest BCUT2D eigenvalue weighted by atomic mass is 10.2. The highest BCUT2D eigenvalue weighted by Crippen LogP contribution is 2.13. The first-order valence-electron chi connectivity index (χ1n) is 5.13. The van der Waals surface area contributed by atoms with Crippen LogP contribution >= 0.6 is 11.3 Å². The quantitative estimate of drug-likeness (QED) is 0.345.